The number of sulfonamides is 1. The third-order valence-electron chi connectivity index (χ3n) is 7.68. The van der Waals surface area contributed by atoms with Gasteiger partial charge in [-0.1, -0.05) is 101 Å². The van der Waals surface area contributed by atoms with Crippen LogP contribution in [0.2, 0.25) is 5.02 Å². The van der Waals surface area contributed by atoms with Crippen molar-refractivity contribution in [3.63, 3.8) is 0 Å². The van der Waals surface area contributed by atoms with E-state index in [0.29, 0.717) is 22.8 Å². The fourth-order valence-corrected chi connectivity index (χ4v) is 7.07. The molecule has 0 radical (unpaired) electrons. The van der Waals surface area contributed by atoms with Gasteiger partial charge in [-0.3, -0.25) is 13.9 Å². The molecule has 242 valence electrons. The van der Waals surface area contributed by atoms with Crippen LogP contribution in [-0.2, 0) is 32.6 Å². The average Bonchev–Trinajstić information content (AvgIpc) is 3.03. The molecular formula is C36H39BrClN3O4S. The molecular weight excluding hydrogens is 686 g/mol. The first-order chi connectivity index (χ1) is 22.0. The Bertz CT molecular complexity index is 1730. The van der Waals surface area contributed by atoms with Crippen LogP contribution < -0.4 is 9.62 Å². The average molecular weight is 725 g/mol. The lowest BCUT2D eigenvalue weighted by Crippen LogP contribution is -2.53. The standard InChI is InChI=1S/C36H39BrClN3O4S/c1-4-5-21-39-36(43)34(23-28-9-7-6-8-10-28)40(24-29-13-15-30(37)16-14-29)35(42)25-41(33-20-17-31(38)22-27(33)3)46(44,45)32-18-11-26(2)12-19-32/h6-20,22,34H,4-5,21,23-25H2,1-3H3,(H,39,43). The van der Waals surface area contributed by atoms with Crippen molar-refractivity contribution in [2.24, 2.45) is 0 Å². The van der Waals surface area contributed by atoms with Gasteiger partial charge in [-0.25, -0.2) is 8.42 Å². The molecule has 10 heteroatoms. The minimum atomic E-state index is -4.20. The van der Waals surface area contributed by atoms with Gasteiger partial charge in [-0.2, -0.15) is 0 Å². The number of hydrogen-bond acceptors (Lipinski definition) is 4. The first kappa shape index (κ1) is 35.2. The Kier molecular flexibility index (Phi) is 12.4. The van der Waals surface area contributed by atoms with Crippen LogP contribution in [-0.4, -0.2) is 44.3 Å². The van der Waals surface area contributed by atoms with Crippen LogP contribution >= 0.6 is 27.5 Å². The monoisotopic (exact) mass is 723 g/mol. The smallest absolute Gasteiger partial charge is 0.264 e. The van der Waals surface area contributed by atoms with E-state index in [1.54, 1.807) is 37.3 Å². The van der Waals surface area contributed by atoms with Crippen molar-refractivity contribution < 1.29 is 18.0 Å². The molecule has 4 rings (SSSR count). The molecule has 46 heavy (non-hydrogen) atoms. The highest BCUT2D eigenvalue weighted by Gasteiger charge is 2.35. The molecule has 0 heterocycles. The number of carbonyl (C=O) groups excluding carboxylic acids is 2. The number of aryl methyl sites for hydroxylation is 2. The topological polar surface area (TPSA) is 86.8 Å². The van der Waals surface area contributed by atoms with Crippen LogP contribution in [0.5, 0.6) is 0 Å². The minimum Gasteiger partial charge on any atom is -0.354 e. The molecule has 0 aromatic heterocycles. The number of benzene rings is 4. The number of unbranched alkanes of at least 4 members (excludes halogenated alkanes) is 1. The first-order valence-corrected chi connectivity index (χ1v) is 17.8. The van der Waals surface area contributed by atoms with E-state index in [1.807, 2.05) is 68.4 Å². The molecule has 0 aliphatic heterocycles. The van der Waals surface area contributed by atoms with E-state index in [4.69, 9.17) is 11.6 Å². The third kappa shape index (κ3) is 9.21. The number of halogens is 2. The van der Waals surface area contributed by atoms with Crippen molar-refractivity contribution in [1.29, 1.82) is 0 Å². The van der Waals surface area contributed by atoms with Crippen LogP contribution in [0.4, 0.5) is 5.69 Å². The Morgan fingerprint density at radius 1 is 0.891 bits per heavy atom. The molecule has 1 atom stereocenters. The lowest BCUT2D eigenvalue weighted by atomic mass is 10.0. The Balaban J connectivity index is 1.81. The summed E-state index contributed by atoms with van der Waals surface area (Å²) < 4.78 is 30.5. The van der Waals surface area contributed by atoms with Gasteiger partial charge in [0.05, 0.1) is 10.6 Å². The van der Waals surface area contributed by atoms with Gasteiger partial charge < -0.3 is 10.2 Å². The highest BCUT2D eigenvalue weighted by atomic mass is 79.9. The fourth-order valence-electron chi connectivity index (χ4n) is 5.10. The Morgan fingerprint density at radius 3 is 2.20 bits per heavy atom. The van der Waals surface area contributed by atoms with Crippen LogP contribution in [0.3, 0.4) is 0 Å². The van der Waals surface area contributed by atoms with Crippen LogP contribution in [0, 0.1) is 13.8 Å². The van der Waals surface area contributed by atoms with E-state index in [9.17, 15) is 18.0 Å². The third-order valence-corrected chi connectivity index (χ3v) is 10.2. The molecule has 7 nitrogen and oxygen atoms in total. The molecule has 0 aliphatic carbocycles. The van der Waals surface area contributed by atoms with Gasteiger partial charge in [0, 0.05) is 29.0 Å². The van der Waals surface area contributed by atoms with Gasteiger partial charge in [0.15, 0.2) is 0 Å². The zero-order valence-corrected chi connectivity index (χ0v) is 29.4. The van der Waals surface area contributed by atoms with Crippen molar-refractivity contribution in [2.75, 3.05) is 17.4 Å². The molecule has 0 spiro atoms. The predicted octanol–water partition coefficient (Wildman–Crippen LogP) is 7.47. The number of nitrogens with one attached hydrogen (secondary N) is 1. The van der Waals surface area contributed by atoms with Gasteiger partial charge in [0.25, 0.3) is 10.0 Å². The summed E-state index contributed by atoms with van der Waals surface area (Å²) in [6.45, 7) is 5.71. The Hall–Kier alpha value is -3.66. The SMILES string of the molecule is CCCCNC(=O)C(Cc1ccccc1)N(Cc1ccc(Br)cc1)C(=O)CN(c1ccc(Cl)cc1C)S(=O)(=O)c1ccc(C)cc1. The molecule has 4 aromatic carbocycles. The summed E-state index contributed by atoms with van der Waals surface area (Å²) in [4.78, 5) is 30.0. The number of rotatable bonds is 14. The summed E-state index contributed by atoms with van der Waals surface area (Å²) in [6.07, 6.45) is 1.95. The number of amides is 2. The number of hydrogen-bond donors (Lipinski definition) is 1. The second-order valence-electron chi connectivity index (χ2n) is 11.3. The summed E-state index contributed by atoms with van der Waals surface area (Å²) in [6, 6.07) is 27.5. The van der Waals surface area contributed by atoms with E-state index >= 15 is 0 Å². The molecule has 0 fully saturated rings. The van der Waals surface area contributed by atoms with Crippen LogP contribution in [0.1, 0.15) is 42.0 Å². The molecule has 0 aliphatic rings. The molecule has 2 amide bonds. The van der Waals surface area contributed by atoms with Crippen molar-refractivity contribution in [3.05, 3.63) is 129 Å². The zero-order chi connectivity index (χ0) is 33.3. The summed E-state index contributed by atoms with van der Waals surface area (Å²) in [5, 5.41) is 3.46. The lowest BCUT2D eigenvalue weighted by Gasteiger charge is -2.34. The summed E-state index contributed by atoms with van der Waals surface area (Å²) in [5.41, 5.74) is 3.50. The second-order valence-corrected chi connectivity index (χ2v) is 14.5. The molecule has 1 unspecified atom stereocenters. The largest absolute Gasteiger partial charge is 0.354 e. The molecule has 1 N–H and O–H groups in total. The molecule has 0 bridgehead atoms. The fraction of sp³-hybridized carbons (Fsp3) is 0.278. The molecule has 4 aromatic rings. The van der Waals surface area contributed by atoms with E-state index in [0.717, 1.165) is 38.3 Å². The summed E-state index contributed by atoms with van der Waals surface area (Å²) >= 11 is 9.71. The van der Waals surface area contributed by atoms with E-state index < -0.39 is 28.5 Å². The van der Waals surface area contributed by atoms with Crippen molar-refractivity contribution in [3.8, 4) is 0 Å². The highest BCUT2D eigenvalue weighted by Crippen LogP contribution is 2.30. The van der Waals surface area contributed by atoms with E-state index in [-0.39, 0.29) is 23.8 Å². The minimum absolute atomic E-state index is 0.0536. The van der Waals surface area contributed by atoms with Crippen LogP contribution in [0.15, 0.2) is 106 Å². The van der Waals surface area contributed by atoms with Gasteiger partial charge in [0.2, 0.25) is 11.8 Å². The number of anilines is 1. The Morgan fingerprint density at radius 2 is 1.57 bits per heavy atom. The van der Waals surface area contributed by atoms with Gasteiger partial charge >= 0.3 is 0 Å². The van der Waals surface area contributed by atoms with Gasteiger partial charge in [0.1, 0.15) is 12.6 Å². The summed E-state index contributed by atoms with van der Waals surface area (Å²) in [7, 11) is -4.20. The maximum Gasteiger partial charge on any atom is 0.264 e. The zero-order valence-electron chi connectivity index (χ0n) is 26.2. The number of carbonyl (C=O) groups is 2. The van der Waals surface area contributed by atoms with Gasteiger partial charge in [-0.15, -0.1) is 0 Å². The van der Waals surface area contributed by atoms with Crippen molar-refractivity contribution in [1.82, 2.24) is 10.2 Å². The highest BCUT2D eigenvalue weighted by molar-refractivity contribution is 9.10. The quantitative estimate of drug-likeness (QED) is 0.137. The van der Waals surface area contributed by atoms with Gasteiger partial charge in [-0.05, 0) is 79.4 Å². The molecule has 0 saturated carbocycles. The predicted molar refractivity (Wildman–Crippen MR) is 188 cm³/mol. The lowest BCUT2D eigenvalue weighted by molar-refractivity contribution is -0.140. The van der Waals surface area contributed by atoms with E-state index in [2.05, 4.69) is 21.2 Å². The normalized spacial score (nSPS) is 11.9. The first-order valence-electron chi connectivity index (χ1n) is 15.2. The number of nitrogens with zero attached hydrogens (tertiary/aromatic N) is 2. The van der Waals surface area contributed by atoms with Crippen LogP contribution in [0.25, 0.3) is 0 Å². The van der Waals surface area contributed by atoms with E-state index in [1.165, 1.54) is 17.0 Å². The maximum atomic E-state index is 14.6. The second kappa shape index (κ2) is 16.3. The Labute approximate surface area is 285 Å². The maximum absolute atomic E-state index is 14.6. The molecule has 0 saturated heterocycles. The van der Waals surface area contributed by atoms with Crippen molar-refractivity contribution in [2.45, 2.75) is 57.5 Å². The van der Waals surface area contributed by atoms with Crippen molar-refractivity contribution >= 4 is 55.1 Å². The summed E-state index contributed by atoms with van der Waals surface area (Å²) in [5.74, 6) is -0.807.